The Labute approximate surface area is 182 Å². The Bertz CT molecular complexity index is 1120. The number of carbonyl (C=O) groups is 1. The second-order valence-corrected chi connectivity index (χ2v) is 7.24. The van der Waals surface area contributed by atoms with Crippen LogP contribution < -0.4 is 15.9 Å². The first-order chi connectivity index (χ1) is 15.6. The number of methoxy groups -OCH3 is 1. The van der Waals surface area contributed by atoms with Crippen LogP contribution in [0.1, 0.15) is 41.0 Å². The molecule has 0 atom stereocenters. The van der Waals surface area contributed by atoms with Gasteiger partial charge in [-0.25, -0.2) is 10.1 Å². The average molecular weight is 441 g/mol. The Morgan fingerprint density at radius 1 is 1.34 bits per heavy atom. The summed E-state index contributed by atoms with van der Waals surface area (Å²) in [7, 11) is 1.45. The molecule has 3 aromatic rings. The van der Waals surface area contributed by atoms with Crippen molar-refractivity contribution < 1.29 is 19.3 Å². The number of aromatic hydroxyl groups is 1. The summed E-state index contributed by atoms with van der Waals surface area (Å²) in [4.78, 5) is 15.0. The molecule has 1 amide bonds. The fraction of sp³-hybridized carbons (Fsp3) is 0.368. The van der Waals surface area contributed by atoms with Crippen molar-refractivity contribution in [2.75, 3.05) is 25.9 Å². The monoisotopic (exact) mass is 441 g/mol. The van der Waals surface area contributed by atoms with Crippen LogP contribution in [0.2, 0.25) is 0 Å². The van der Waals surface area contributed by atoms with Crippen LogP contribution in [0.25, 0.3) is 5.82 Å². The van der Waals surface area contributed by atoms with Crippen LogP contribution in [0.5, 0.6) is 11.5 Å². The molecule has 4 N–H and O–H groups in total. The highest BCUT2D eigenvalue weighted by molar-refractivity contribution is 5.94. The van der Waals surface area contributed by atoms with Crippen molar-refractivity contribution in [3.05, 3.63) is 35.2 Å². The van der Waals surface area contributed by atoms with Gasteiger partial charge in [-0.05, 0) is 60.0 Å². The number of hydrazone groups is 1. The number of nitrogens with two attached hydrogens (primary N) is 1. The number of phenols is 1. The summed E-state index contributed by atoms with van der Waals surface area (Å²) in [5, 5.41) is 29.1. The number of anilines is 1. The summed E-state index contributed by atoms with van der Waals surface area (Å²) in [6.07, 6.45) is 4.76. The number of amides is 1. The third-order valence-corrected chi connectivity index (χ3v) is 5.08. The minimum atomic E-state index is -0.541. The van der Waals surface area contributed by atoms with Crippen molar-refractivity contribution >= 4 is 17.9 Å². The number of benzene rings is 1. The van der Waals surface area contributed by atoms with Crippen molar-refractivity contribution in [2.45, 2.75) is 25.8 Å². The van der Waals surface area contributed by atoms with Crippen LogP contribution in [0.3, 0.4) is 0 Å². The highest BCUT2D eigenvalue weighted by Gasteiger charge is 2.26. The molecule has 1 aromatic carbocycles. The van der Waals surface area contributed by atoms with Gasteiger partial charge in [0, 0.05) is 6.54 Å². The summed E-state index contributed by atoms with van der Waals surface area (Å²) in [5.41, 5.74) is 9.50. The van der Waals surface area contributed by atoms with Crippen molar-refractivity contribution in [2.24, 2.45) is 5.10 Å². The SMILES string of the molecule is COc1cc(C=NNC(=O)c2nnn(-c3nonc3N)c2CN2CCCCC2)ccc1O. The first kappa shape index (κ1) is 21.2. The molecule has 13 heteroatoms. The van der Waals surface area contributed by atoms with Crippen molar-refractivity contribution in [1.29, 1.82) is 0 Å². The quantitative estimate of drug-likeness (QED) is 0.350. The maximum Gasteiger partial charge on any atom is 0.293 e. The molecule has 32 heavy (non-hydrogen) atoms. The van der Waals surface area contributed by atoms with E-state index in [4.69, 9.17) is 10.5 Å². The smallest absolute Gasteiger partial charge is 0.293 e. The second-order valence-electron chi connectivity index (χ2n) is 7.24. The lowest BCUT2D eigenvalue weighted by molar-refractivity contribution is 0.0947. The zero-order valence-electron chi connectivity index (χ0n) is 17.4. The molecule has 1 saturated heterocycles. The van der Waals surface area contributed by atoms with Gasteiger partial charge in [0.05, 0.1) is 19.0 Å². The Kier molecular flexibility index (Phi) is 6.26. The zero-order valence-corrected chi connectivity index (χ0v) is 17.4. The lowest BCUT2D eigenvalue weighted by atomic mass is 10.1. The third-order valence-electron chi connectivity index (χ3n) is 5.08. The summed E-state index contributed by atoms with van der Waals surface area (Å²) in [6.45, 7) is 2.24. The Morgan fingerprint density at radius 2 is 2.16 bits per heavy atom. The van der Waals surface area contributed by atoms with E-state index in [0.29, 0.717) is 23.6 Å². The summed E-state index contributed by atoms with van der Waals surface area (Å²) < 4.78 is 11.1. The van der Waals surface area contributed by atoms with E-state index in [-0.39, 0.29) is 23.1 Å². The molecule has 0 radical (unpaired) electrons. The molecule has 1 aliphatic rings. The van der Waals surface area contributed by atoms with E-state index in [1.165, 1.54) is 30.5 Å². The van der Waals surface area contributed by atoms with E-state index in [1.54, 1.807) is 12.1 Å². The molecule has 0 spiro atoms. The van der Waals surface area contributed by atoms with E-state index in [2.05, 4.69) is 40.7 Å². The van der Waals surface area contributed by atoms with Crippen LogP contribution in [0.15, 0.2) is 27.9 Å². The predicted octanol–water partition coefficient (Wildman–Crippen LogP) is 0.696. The minimum Gasteiger partial charge on any atom is -0.504 e. The number of aromatic nitrogens is 5. The first-order valence-electron chi connectivity index (χ1n) is 10.0. The Hall–Kier alpha value is -4.00. The molecular weight excluding hydrogens is 418 g/mol. The normalized spacial score (nSPS) is 14.7. The van der Waals surface area contributed by atoms with Crippen LogP contribution in [-0.2, 0) is 6.54 Å². The molecule has 0 bridgehead atoms. The maximum absolute atomic E-state index is 12.8. The number of likely N-dealkylation sites (tertiary alicyclic amines) is 1. The van der Waals surface area contributed by atoms with Gasteiger partial charge in [0.25, 0.3) is 5.91 Å². The number of phenolic OH excluding ortho intramolecular Hbond substituents is 1. The third kappa shape index (κ3) is 4.51. The first-order valence-corrected chi connectivity index (χ1v) is 10.0. The highest BCUT2D eigenvalue weighted by Crippen LogP contribution is 2.25. The van der Waals surface area contributed by atoms with Gasteiger partial charge in [-0.15, -0.1) is 5.10 Å². The van der Waals surface area contributed by atoms with Gasteiger partial charge in [0.2, 0.25) is 11.6 Å². The van der Waals surface area contributed by atoms with Crippen LogP contribution in [0.4, 0.5) is 5.82 Å². The number of hydrogen-bond acceptors (Lipinski definition) is 11. The number of nitrogen functional groups attached to an aromatic ring is 1. The molecule has 0 aliphatic carbocycles. The summed E-state index contributed by atoms with van der Waals surface area (Å²) in [6, 6.07) is 4.69. The van der Waals surface area contributed by atoms with Crippen molar-refractivity contribution in [1.82, 2.24) is 35.6 Å². The van der Waals surface area contributed by atoms with E-state index in [1.807, 2.05) is 0 Å². The van der Waals surface area contributed by atoms with Crippen molar-refractivity contribution in [3.8, 4) is 17.3 Å². The summed E-state index contributed by atoms with van der Waals surface area (Å²) in [5.74, 6) is -0.0234. The fourth-order valence-corrected chi connectivity index (χ4v) is 3.45. The number of ether oxygens (including phenoxy) is 1. The van der Waals surface area contributed by atoms with Gasteiger partial charge in [0.1, 0.15) is 0 Å². The number of hydrogen-bond donors (Lipinski definition) is 3. The molecular formula is C19H23N9O4. The highest BCUT2D eigenvalue weighted by atomic mass is 16.6. The van der Waals surface area contributed by atoms with Crippen molar-refractivity contribution in [3.63, 3.8) is 0 Å². The molecule has 3 heterocycles. The lowest BCUT2D eigenvalue weighted by Gasteiger charge is -2.26. The number of nitrogens with one attached hydrogen (secondary N) is 1. The standard InChI is InChI=1S/C19H23N9O4/c1-31-15-9-12(5-6-14(15)29)10-21-23-19(30)16-13(11-27-7-3-2-4-8-27)28(26-22-16)18-17(20)24-32-25-18/h5-6,9-10,29H,2-4,7-8,11H2,1H3,(H2,20,24)(H,23,30). The minimum absolute atomic E-state index is 0.00859. The largest absolute Gasteiger partial charge is 0.504 e. The second kappa shape index (κ2) is 9.43. The summed E-state index contributed by atoms with van der Waals surface area (Å²) >= 11 is 0. The van der Waals surface area contributed by atoms with Gasteiger partial charge < -0.3 is 15.6 Å². The number of carbonyl (C=O) groups excluding carboxylic acids is 1. The number of nitrogens with zero attached hydrogens (tertiary/aromatic N) is 7. The predicted molar refractivity (Wildman–Crippen MR) is 112 cm³/mol. The van der Waals surface area contributed by atoms with E-state index in [0.717, 1.165) is 25.9 Å². The van der Waals surface area contributed by atoms with Crippen LogP contribution in [0, 0.1) is 0 Å². The van der Waals surface area contributed by atoms with Gasteiger partial charge >= 0.3 is 0 Å². The van der Waals surface area contributed by atoms with Gasteiger partial charge in [-0.2, -0.15) is 9.78 Å². The molecule has 0 unspecified atom stereocenters. The fourth-order valence-electron chi connectivity index (χ4n) is 3.45. The van der Waals surface area contributed by atoms with Gasteiger partial charge in [-0.1, -0.05) is 11.6 Å². The van der Waals surface area contributed by atoms with Gasteiger partial charge in [-0.3, -0.25) is 9.69 Å². The van der Waals surface area contributed by atoms with E-state index >= 15 is 0 Å². The molecule has 1 aliphatic heterocycles. The van der Waals surface area contributed by atoms with Crippen LogP contribution >= 0.6 is 0 Å². The Balaban J connectivity index is 1.55. The Morgan fingerprint density at radius 3 is 2.88 bits per heavy atom. The molecule has 1 fully saturated rings. The number of piperidine rings is 1. The zero-order chi connectivity index (χ0) is 22.5. The van der Waals surface area contributed by atoms with Crippen LogP contribution in [-0.4, -0.2) is 67.6 Å². The maximum atomic E-state index is 12.8. The molecule has 168 valence electrons. The topological polar surface area (TPSA) is 170 Å². The van der Waals surface area contributed by atoms with E-state index < -0.39 is 5.91 Å². The van der Waals surface area contributed by atoms with E-state index in [9.17, 15) is 9.90 Å². The average Bonchev–Trinajstić information content (AvgIpc) is 3.41. The van der Waals surface area contributed by atoms with Gasteiger partial charge in [0.15, 0.2) is 17.2 Å². The molecule has 13 nitrogen and oxygen atoms in total. The molecule has 0 saturated carbocycles. The lowest BCUT2D eigenvalue weighted by Crippen LogP contribution is -2.31. The molecule has 2 aromatic heterocycles. The molecule has 4 rings (SSSR count). The number of rotatable bonds is 7.